The highest BCUT2D eigenvalue weighted by atomic mass is 32.1. The van der Waals surface area contributed by atoms with Crippen LogP contribution < -0.4 is 10.6 Å². The molecular formula is C15H24N4S. The Kier molecular flexibility index (Phi) is 6.21. The molecule has 110 valence electrons. The van der Waals surface area contributed by atoms with E-state index >= 15 is 0 Å². The number of nitrogens with one attached hydrogen (secondary N) is 2. The zero-order valence-electron chi connectivity index (χ0n) is 12.1. The van der Waals surface area contributed by atoms with E-state index in [0.717, 1.165) is 31.1 Å². The number of anilines is 1. The lowest BCUT2D eigenvalue weighted by molar-refractivity contribution is 0.182. The molecular weight excluding hydrogens is 268 g/mol. The molecule has 20 heavy (non-hydrogen) atoms. The Bertz CT molecular complexity index is 410. The molecule has 4 nitrogen and oxygen atoms in total. The van der Waals surface area contributed by atoms with Gasteiger partial charge in [0, 0.05) is 31.2 Å². The molecule has 1 fully saturated rings. The van der Waals surface area contributed by atoms with E-state index in [1.54, 1.807) is 12.4 Å². The standard InChI is InChI=1S/C15H24N4S/c1-13-4-2-10-19(12-13)11-3-7-17-15(20)18-14-5-8-16-9-6-14/h5-6,8-9,13H,2-4,7,10-12H2,1H3,(H2,16,17,18,20)/t13-/m1/s1. The van der Waals surface area contributed by atoms with E-state index in [1.807, 2.05) is 12.1 Å². The minimum atomic E-state index is 0.684. The van der Waals surface area contributed by atoms with E-state index < -0.39 is 0 Å². The number of likely N-dealkylation sites (tertiary alicyclic amines) is 1. The average Bonchev–Trinajstić information content (AvgIpc) is 2.45. The summed E-state index contributed by atoms with van der Waals surface area (Å²) >= 11 is 5.27. The van der Waals surface area contributed by atoms with Gasteiger partial charge in [-0.05, 0) is 62.6 Å². The lowest BCUT2D eigenvalue weighted by Crippen LogP contribution is -2.37. The van der Waals surface area contributed by atoms with Crippen LogP contribution in [0, 0.1) is 5.92 Å². The smallest absolute Gasteiger partial charge is 0.170 e. The molecule has 5 heteroatoms. The van der Waals surface area contributed by atoms with Crippen molar-refractivity contribution in [2.45, 2.75) is 26.2 Å². The fraction of sp³-hybridized carbons (Fsp3) is 0.600. The second-order valence-corrected chi connectivity index (χ2v) is 5.93. The van der Waals surface area contributed by atoms with Gasteiger partial charge in [0.15, 0.2) is 5.11 Å². The van der Waals surface area contributed by atoms with Crippen molar-refractivity contribution >= 4 is 23.0 Å². The number of thiocarbonyl (C=S) groups is 1. The van der Waals surface area contributed by atoms with Crippen molar-refractivity contribution in [3.63, 3.8) is 0 Å². The van der Waals surface area contributed by atoms with Crippen LogP contribution in [0.15, 0.2) is 24.5 Å². The van der Waals surface area contributed by atoms with E-state index in [2.05, 4.69) is 27.4 Å². The Balaban J connectivity index is 1.57. The Morgan fingerprint density at radius 3 is 3.00 bits per heavy atom. The lowest BCUT2D eigenvalue weighted by Gasteiger charge is -2.30. The van der Waals surface area contributed by atoms with Gasteiger partial charge in [-0.1, -0.05) is 6.92 Å². The molecule has 2 N–H and O–H groups in total. The summed E-state index contributed by atoms with van der Waals surface area (Å²) in [5, 5.41) is 7.09. The zero-order chi connectivity index (χ0) is 14.2. The highest BCUT2D eigenvalue weighted by Crippen LogP contribution is 2.15. The molecule has 1 aliphatic heterocycles. The normalized spacial score (nSPS) is 19.6. The van der Waals surface area contributed by atoms with Gasteiger partial charge in [0.05, 0.1) is 0 Å². The maximum atomic E-state index is 5.27. The molecule has 0 bridgehead atoms. The van der Waals surface area contributed by atoms with Gasteiger partial charge in [0.2, 0.25) is 0 Å². The highest BCUT2D eigenvalue weighted by Gasteiger charge is 2.15. The van der Waals surface area contributed by atoms with Gasteiger partial charge < -0.3 is 15.5 Å². The first-order valence-corrected chi connectivity index (χ1v) is 7.82. The van der Waals surface area contributed by atoms with Gasteiger partial charge in [0.25, 0.3) is 0 Å². The van der Waals surface area contributed by atoms with Gasteiger partial charge in [-0.15, -0.1) is 0 Å². The summed E-state index contributed by atoms with van der Waals surface area (Å²) in [5.41, 5.74) is 0.974. The van der Waals surface area contributed by atoms with Crippen molar-refractivity contribution in [1.82, 2.24) is 15.2 Å². The molecule has 1 aromatic heterocycles. The highest BCUT2D eigenvalue weighted by molar-refractivity contribution is 7.80. The van der Waals surface area contributed by atoms with E-state index in [0.29, 0.717) is 5.11 Å². The number of piperidine rings is 1. The summed E-state index contributed by atoms with van der Waals surface area (Å²) in [5.74, 6) is 0.853. The van der Waals surface area contributed by atoms with Gasteiger partial charge in [0.1, 0.15) is 0 Å². The van der Waals surface area contributed by atoms with Crippen molar-refractivity contribution in [2.24, 2.45) is 5.92 Å². The third kappa shape index (κ3) is 5.43. The van der Waals surface area contributed by atoms with Crippen LogP contribution in [0.4, 0.5) is 5.69 Å². The second kappa shape index (κ2) is 8.17. The molecule has 2 heterocycles. The minimum absolute atomic E-state index is 0.684. The van der Waals surface area contributed by atoms with Crippen molar-refractivity contribution in [1.29, 1.82) is 0 Å². The van der Waals surface area contributed by atoms with Crippen molar-refractivity contribution in [2.75, 3.05) is 31.5 Å². The molecule has 0 radical (unpaired) electrons. The summed E-state index contributed by atoms with van der Waals surface area (Å²) < 4.78 is 0. The molecule has 0 amide bonds. The molecule has 0 aliphatic carbocycles. The van der Waals surface area contributed by atoms with Gasteiger partial charge in [-0.25, -0.2) is 0 Å². The van der Waals surface area contributed by atoms with E-state index in [1.165, 1.54) is 25.9 Å². The maximum Gasteiger partial charge on any atom is 0.170 e. The van der Waals surface area contributed by atoms with Crippen LogP contribution in [0.1, 0.15) is 26.2 Å². The molecule has 1 saturated heterocycles. The maximum absolute atomic E-state index is 5.27. The topological polar surface area (TPSA) is 40.2 Å². The number of aromatic nitrogens is 1. The average molecular weight is 292 g/mol. The molecule has 1 aromatic rings. The molecule has 0 aromatic carbocycles. The number of hydrogen-bond donors (Lipinski definition) is 2. The van der Waals surface area contributed by atoms with Crippen LogP contribution in [-0.2, 0) is 0 Å². The largest absolute Gasteiger partial charge is 0.362 e. The predicted octanol–water partition coefficient (Wildman–Crippen LogP) is 2.49. The van der Waals surface area contributed by atoms with Crippen LogP contribution in [0.3, 0.4) is 0 Å². The Morgan fingerprint density at radius 2 is 2.25 bits per heavy atom. The lowest BCUT2D eigenvalue weighted by atomic mass is 10.0. The quantitative estimate of drug-likeness (QED) is 0.644. The first-order valence-electron chi connectivity index (χ1n) is 7.41. The summed E-state index contributed by atoms with van der Waals surface area (Å²) in [6.45, 7) is 6.93. The van der Waals surface area contributed by atoms with Gasteiger partial charge >= 0.3 is 0 Å². The van der Waals surface area contributed by atoms with E-state index in [4.69, 9.17) is 12.2 Å². The first-order chi connectivity index (χ1) is 9.74. The number of pyridine rings is 1. The Hall–Kier alpha value is -1.20. The molecule has 1 atom stereocenters. The third-order valence-electron chi connectivity index (χ3n) is 3.62. The van der Waals surface area contributed by atoms with Crippen LogP contribution in [0.5, 0.6) is 0 Å². The molecule has 0 spiro atoms. The minimum Gasteiger partial charge on any atom is -0.362 e. The Morgan fingerprint density at radius 1 is 1.45 bits per heavy atom. The predicted molar refractivity (Wildman–Crippen MR) is 87.9 cm³/mol. The van der Waals surface area contributed by atoms with Gasteiger partial charge in [-0.2, -0.15) is 0 Å². The fourth-order valence-corrected chi connectivity index (χ4v) is 2.82. The molecule has 0 unspecified atom stereocenters. The van der Waals surface area contributed by atoms with Crippen LogP contribution >= 0.6 is 12.2 Å². The van der Waals surface area contributed by atoms with Crippen LogP contribution in [0.2, 0.25) is 0 Å². The first kappa shape index (κ1) is 15.2. The van der Waals surface area contributed by atoms with Crippen LogP contribution in [0.25, 0.3) is 0 Å². The summed E-state index contributed by atoms with van der Waals surface area (Å²) in [6.07, 6.45) is 7.36. The number of hydrogen-bond acceptors (Lipinski definition) is 3. The number of rotatable bonds is 5. The molecule has 0 saturated carbocycles. The van der Waals surface area contributed by atoms with Gasteiger partial charge in [-0.3, -0.25) is 4.98 Å². The van der Waals surface area contributed by atoms with E-state index in [-0.39, 0.29) is 0 Å². The third-order valence-corrected chi connectivity index (χ3v) is 3.86. The second-order valence-electron chi connectivity index (χ2n) is 5.52. The zero-order valence-corrected chi connectivity index (χ0v) is 13.0. The molecule has 1 aliphatic rings. The number of nitrogens with zero attached hydrogens (tertiary/aromatic N) is 2. The molecule has 2 rings (SSSR count). The van der Waals surface area contributed by atoms with E-state index in [9.17, 15) is 0 Å². The summed E-state index contributed by atoms with van der Waals surface area (Å²) in [6, 6.07) is 3.81. The van der Waals surface area contributed by atoms with Crippen molar-refractivity contribution in [3.05, 3.63) is 24.5 Å². The summed E-state index contributed by atoms with van der Waals surface area (Å²) in [4.78, 5) is 6.54. The van der Waals surface area contributed by atoms with Crippen molar-refractivity contribution in [3.8, 4) is 0 Å². The van der Waals surface area contributed by atoms with Crippen LogP contribution in [-0.4, -0.2) is 41.2 Å². The van der Waals surface area contributed by atoms with Crippen molar-refractivity contribution < 1.29 is 0 Å². The fourth-order valence-electron chi connectivity index (χ4n) is 2.60. The summed E-state index contributed by atoms with van der Waals surface area (Å²) in [7, 11) is 0. The SMILES string of the molecule is C[C@@H]1CCCN(CCCNC(=S)Nc2ccncc2)C1. The Labute approximate surface area is 127 Å². The monoisotopic (exact) mass is 292 g/mol.